The monoisotopic (exact) mass is 393 g/mol. The molecular weight excluding hydrogens is 362 g/mol. The van der Waals surface area contributed by atoms with Crippen LogP contribution in [0.5, 0.6) is 0 Å². The molecule has 1 aromatic heterocycles. The SMILES string of the molecule is CCNC(=NCC(O)COCC(C)C)NCC(O)c1cc2ccccc2s1. The number of aliphatic hydroxyl groups is 2. The van der Waals surface area contributed by atoms with Gasteiger partial charge in [-0.3, -0.25) is 4.99 Å². The van der Waals surface area contributed by atoms with Crippen LogP contribution in [0, 0.1) is 5.92 Å². The first-order valence-electron chi connectivity index (χ1n) is 9.44. The molecule has 0 aliphatic carbocycles. The highest BCUT2D eigenvalue weighted by Crippen LogP contribution is 2.29. The average molecular weight is 394 g/mol. The summed E-state index contributed by atoms with van der Waals surface area (Å²) in [6.07, 6.45) is -1.27. The largest absolute Gasteiger partial charge is 0.389 e. The second kappa shape index (κ2) is 11.2. The van der Waals surface area contributed by atoms with E-state index in [1.165, 1.54) is 0 Å². The fourth-order valence-electron chi connectivity index (χ4n) is 2.49. The maximum atomic E-state index is 10.5. The Bertz CT molecular complexity index is 684. The van der Waals surface area contributed by atoms with Crippen LogP contribution in [0.25, 0.3) is 10.1 Å². The van der Waals surface area contributed by atoms with Gasteiger partial charge >= 0.3 is 0 Å². The molecule has 0 aliphatic heterocycles. The summed E-state index contributed by atoms with van der Waals surface area (Å²) in [5, 5.41) is 27.9. The van der Waals surface area contributed by atoms with Gasteiger partial charge in [-0.25, -0.2) is 0 Å². The smallest absolute Gasteiger partial charge is 0.191 e. The minimum Gasteiger partial charge on any atom is -0.389 e. The highest BCUT2D eigenvalue weighted by molar-refractivity contribution is 7.19. The summed E-state index contributed by atoms with van der Waals surface area (Å²) < 4.78 is 6.60. The van der Waals surface area contributed by atoms with Gasteiger partial charge in [0.15, 0.2) is 5.96 Å². The summed E-state index contributed by atoms with van der Waals surface area (Å²) in [6.45, 7) is 8.29. The minimum absolute atomic E-state index is 0.242. The van der Waals surface area contributed by atoms with Crippen molar-refractivity contribution in [1.29, 1.82) is 0 Å². The number of guanidine groups is 1. The van der Waals surface area contributed by atoms with Gasteiger partial charge in [0.2, 0.25) is 0 Å². The number of thiophene rings is 1. The Kier molecular flexibility index (Phi) is 9.00. The molecule has 0 saturated carbocycles. The Morgan fingerprint density at radius 3 is 2.67 bits per heavy atom. The summed E-state index contributed by atoms with van der Waals surface area (Å²) in [4.78, 5) is 5.29. The molecule has 0 saturated heterocycles. The molecule has 0 aliphatic rings. The van der Waals surface area contributed by atoms with Crippen LogP contribution < -0.4 is 10.6 Å². The van der Waals surface area contributed by atoms with Crippen LogP contribution in [0.4, 0.5) is 0 Å². The van der Waals surface area contributed by atoms with Gasteiger partial charge in [0.1, 0.15) is 6.10 Å². The van der Waals surface area contributed by atoms with Crippen molar-refractivity contribution in [2.24, 2.45) is 10.9 Å². The predicted molar refractivity (Wildman–Crippen MR) is 112 cm³/mol. The molecule has 4 N–H and O–H groups in total. The van der Waals surface area contributed by atoms with Crippen molar-refractivity contribution < 1.29 is 14.9 Å². The molecule has 2 unspecified atom stereocenters. The fraction of sp³-hybridized carbons (Fsp3) is 0.550. The maximum absolute atomic E-state index is 10.5. The zero-order valence-electron chi connectivity index (χ0n) is 16.3. The molecule has 0 amide bonds. The third-order valence-electron chi connectivity index (χ3n) is 3.80. The average Bonchev–Trinajstić information content (AvgIpc) is 3.07. The van der Waals surface area contributed by atoms with Gasteiger partial charge in [-0.05, 0) is 30.4 Å². The number of aliphatic imine (C=N–C) groups is 1. The van der Waals surface area contributed by atoms with Crippen molar-refractivity contribution in [2.75, 3.05) is 32.8 Å². The van der Waals surface area contributed by atoms with Gasteiger partial charge in [0.25, 0.3) is 0 Å². The van der Waals surface area contributed by atoms with E-state index in [2.05, 4.69) is 35.5 Å². The van der Waals surface area contributed by atoms with E-state index >= 15 is 0 Å². The van der Waals surface area contributed by atoms with E-state index in [1.807, 2.05) is 31.2 Å². The van der Waals surface area contributed by atoms with Crippen LogP contribution in [0.15, 0.2) is 35.3 Å². The molecule has 2 atom stereocenters. The van der Waals surface area contributed by atoms with Crippen molar-refractivity contribution in [3.05, 3.63) is 35.2 Å². The van der Waals surface area contributed by atoms with Gasteiger partial charge in [0, 0.05) is 29.3 Å². The lowest BCUT2D eigenvalue weighted by Crippen LogP contribution is -2.40. The second-order valence-electron chi connectivity index (χ2n) is 6.89. The van der Waals surface area contributed by atoms with E-state index in [9.17, 15) is 10.2 Å². The van der Waals surface area contributed by atoms with Crippen molar-refractivity contribution in [3.63, 3.8) is 0 Å². The van der Waals surface area contributed by atoms with Crippen molar-refractivity contribution >= 4 is 27.4 Å². The molecule has 0 radical (unpaired) electrons. The van der Waals surface area contributed by atoms with Crippen LogP contribution in [-0.4, -0.2) is 55.1 Å². The lowest BCUT2D eigenvalue weighted by atomic mass is 10.2. The summed E-state index contributed by atoms with van der Waals surface area (Å²) in [7, 11) is 0. The first-order valence-corrected chi connectivity index (χ1v) is 10.3. The third-order valence-corrected chi connectivity index (χ3v) is 5.02. The van der Waals surface area contributed by atoms with Crippen molar-refractivity contribution in [1.82, 2.24) is 10.6 Å². The molecule has 1 aromatic carbocycles. The van der Waals surface area contributed by atoms with Crippen LogP contribution >= 0.6 is 11.3 Å². The molecule has 1 heterocycles. The molecular formula is C20H31N3O3S. The Balaban J connectivity index is 1.85. The standard InChI is InChI=1S/C20H31N3O3S/c1-4-21-20(22-10-16(24)13-26-12-14(2)3)23-11-17(25)19-9-15-7-5-6-8-18(15)27-19/h5-9,14,16-17,24-25H,4,10-13H2,1-3H3,(H2,21,22,23). The zero-order chi connectivity index (χ0) is 19.6. The van der Waals surface area contributed by atoms with E-state index in [4.69, 9.17) is 4.74 Å². The van der Waals surface area contributed by atoms with E-state index in [0.29, 0.717) is 31.6 Å². The Morgan fingerprint density at radius 2 is 1.96 bits per heavy atom. The maximum Gasteiger partial charge on any atom is 0.191 e. The number of hydrogen-bond acceptors (Lipinski definition) is 5. The van der Waals surface area contributed by atoms with Crippen molar-refractivity contribution in [3.8, 4) is 0 Å². The molecule has 0 spiro atoms. The summed E-state index contributed by atoms with van der Waals surface area (Å²) in [5.41, 5.74) is 0. The number of benzene rings is 1. The van der Waals surface area contributed by atoms with Gasteiger partial charge in [-0.1, -0.05) is 32.0 Å². The van der Waals surface area contributed by atoms with Crippen LogP contribution in [0.2, 0.25) is 0 Å². The summed E-state index contributed by atoms with van der Waals surface area (Å²) >= 11 is 1.59. The van der Waals surface area contributed by atoms with Gasteiger partial charge in [-0.15, -0.1) is 11.3 Å². The number of ether oxygens (including phenoxy) is 1. The zero-order valence-corrected chi connectivity index (χ0v) is 17.1. The van der Waals surface area contributed by atoms with E-state index in [-0.39, 0.29) is 13.2 Å². The number of rotatable bonds is 10. The molecule has 2 rings (SSSR count). The minimum atomic E-state index is -0.647. The quantitative estimate of drug-likeness (QED) is 0.368. The number of aliphatic hydroxyl groups excluding tert-OH is 2. The van der Waals surface area contributed by atoms with Gasteiger partial charge in [-0.2, -0.15) is 0 Å². The van der Waals surface area contributed by atoms with Crippen LogP contribution in [0.1, 0.15) is 31.8 Å². The first-order chi connectivity index (χ1) is 13.0. The lowest BCUT2D eigenvalue weighted by Gasteiger charge is -2.15. The summed E-state index contributed by atoms with van der Waals surface area (Å²) in [5.74, 6) is 1.01. The van der Waals surface area contributed by atoms with Crippen LogP contribution in [0.3, 0.4) is 0 Å². The molecule has 6 nitrogen and oxygen atoms in total. The fourth-order valence-corrected chi connectivity index (χ4v) is 3.54. The normalized spacial score (nSPS) is 14.5. The van der Waals surface area contributed by atoms with E-state index < -0.39 is 12.2 Å². The van der Waals surface area contributed by atoms with Crippen LogP contribution in [-0.2, 0) is 4.74 Å². The Morgan fingerprint density at radius 1 is 1.19 bits per heavy atom. The molecule has 0 bridgehead atoms. The van der Waals surface area contributed by atoms with E-state index in [0.717, 1.165) is 15.0 Å². The first kappa shape index (κ1) is 21.6. The number of hydrogen-bond donors (Lipinski definition) is 4. The number of nitrogens with one attached hydrogen (secondary N) is 2. The lowest BCUT2D eigenvalue weighted by molar-refractivity contribution is 0.0301. The molecule has 2 aromatic rings. The highest BCUT2D eigenvalue weighted by Gasteiger charge is 2.12. The molecule has 7 heteroatoms. The number of fused-ring (bicyclic) bond motifs is 1. The van der Waals surface area contributed by atoms with E-state index in [1.54, 1.807) is 11.3 Å². The Hall–Kier alpha value is -1.67. The van der Waals surface area contributed by atoms with Gasteiger partial charge in [0.05, 0.1) is 19.3 Å². The number of nitrogens with zero attached hydrogens (tertiary/aromatic N) is 1. The molecule has 0 fully saturated rings. The predicted octanol–water partition coefficient (Wildman–Crippen LogP) is 2.52. The second-order valence-corrected chi connectivity index (χ2v) is 8.00. The summed E-state index contributed by atoms with van der Waals surface area (Å²) in [6, 6.07) is 10.1. The topological polar surface area (TPSA) is 86.1 Å². The molecule has 27 heavy (non-hydrogen) atoms. The highest BCUT2D eigenvalue weighted by atomic mass is 32.1. The van der Waals surface area contributed by atoms with Crippen molar-refractivity contribution in [2.45, 2.75) is 33.0 Å². The van der Waals surface area contributed by atoms with Gasteiger partial charge < -0.3 is 25.6 Å². The Labute approximate surface area is 165 Å². The molecule has 150 valence electrons. The third kappa shape index (κ3) is 7.46.